The molecule has 3 N–H and O–H groups in total. The highest BCUT2D eigenvalue weighted by Gasteiger charge is 2.14. The summed E-state index contributed by atoms with van der Waals surface area (Å²) in [5, 5.41) is 9.05. The molecule has 0 bridgehead atoms. The van der Waals surface area contributed by atoms with Gasteiger partial charge in [-0.05, 0) is 19.4 Å². The van der Waals surface area contributed by atoms with Gasteiger partial charge in [-0.1, -0.05) is 12.2 Å². The van der Waals surface area contributed by atoms with Crippen molar-refractivity contribution in [3.63, 3.8) is 0 Å². The van der Waals surface area contributed by atoms with Gasteiger partial charge in [0.2, 0.25) is 0 Å². The molecule has 1 unspecified atom stereocenters. The van der Waals surface area contributed by atoms with Crippen LogP contribution in [0.1, 0.15) is 12.8 Å². The minimum atomic E-state index is 0.455. The van der Waals surface area contributed by atoms with Crippen molar-refractivity contribution in [1.29, 1.82) is 0 Å². The topological polar surface area (TPSA) is 39.3 Å². The van der Waals surface area contributed by atoms with E-state index in [0.717, 1.165) is 31.2 Å². The first-order valence-electron chi connectivity index (χ1n) is 5.93. The molecule has 2 fully saturated rings. The van der Waals surface area contributed by atoms with Crippen LogP contribution in [0.4, 0.5) is 0 Å². The van der Waals surface area contributed by atoms with Gasteiger partial charge in [0.05, 0.1) is 6.17 Å². The van der Waals surface area contributed by atoms with Crippen LogP contribution in [-0.4, -0.2) is 53.8 Å². The molecule has 0 aliphatic carbocycles. The number of hydrogen-bond acceptors (Lipinski definition) is 5. The van der Waals surface area contributed by atoms with Crippen molar-refractivity contribution >= 4 is 29.0 Å². The zero-order chi connectivity index (χ0) is 11.2. The highest BCUT2D eigenvalue weighted by Crippen LogP contribution is 2.06. The number of hydrazine groups is 1. The van der Waals surface area contributed by atoms with Gasteiger partial charge < -0.3 is 10.7 Å². The molecule has 0 saturated carbocycles. The van der Waals surface area contributed by atoms with Crippen molar-refractivity contribution in [2.75, 3.05) is 37.7 Å². The van der Waals surface area contributed by atoms with E-state index in [-0.39, 0.29) is 0 Å². The van der Waals surface area contributed by atoms with Crippen LogP contribution in [-0.2, 0) is 0 Å². The van der Waals surface area contributed by atoms with Gasteiger partial charge in [0.25, 0.3) is 0 Å². The lowest BCUT2D eigenvalue weighted by atomic mass is 10.3. The smallest absolute Gasteiger partial charge is 0.104 e. The number of thioether (sulfide) groups is 1. The van der Waals surface area contributed by atoms with Gasteiger partial charge >= 0.3 is 0 Å². The molecule has 2 aliphatic heterocycles. The zero-order valence-electron chi connectivity index (χ0n) is 9.50. The second kappa shape index (κ2) is 6.76. The molecule has 92 valence electrons. The Morgan fingerprint density at radius 2 is 2.25 bits per heavy atom. The summed E-state index contributed by atoms with van der Waals surface area (Å²) < 4.78 is 0. The third-order valence-electron chi connectivity index (χ3n) is 2.86. The molecule has 0 aromatic carbocycles. The van der Waals surface area contributed by atoms with Gasteiger partial charge in [-0.15, -0.1) is 0 Å². The lowest BCUT2D eigenvalue weighted by molar-refractivity contribution is 0.261. The summed E-state index contributed by atoms with van der Waals surface area (Å²) in [6.45, 7) is 4.08. The number of nitrogens with zero attached hydrogens (tertiary/aromatic N) is 1. The fraction of sp³-hybridized carbons (Fsp3) is 0.900. The van der Waals surface area contributed by atoms with Gasteiger partial charge in [-0.25, -0.2) is 5.01 Å². The number of rotatable bonds is 4. The predicted molar refractivity (Wildman–Crippen MR) is 73.7 cm³/mol. The Labute approximate surface area is 107 Å². The molecule has 6 heteroatoms. The van der Waals surface area contributed by atoms with Gasteiger partial charge in [0.1, 0.15) is 4.99 Å². The molecule has 0 aromatic heterocycles. The fourth-order valence-corrected chi connectivity index (χ4v) is 3.08. The Bertz CT molecular complexity index is 225. The normalized spacial score (nSPS) is 26.9. The van der Waals surface area contributed by atoms with E-state index in [1.165, 1.54) is 24.3 Å². The Hall–Kier alpha value is 0.120. The summed E-state index contributed by atoms with van der Waals surface area (Å²) in [7, 11) is 0. The van der Waals surface area contributed by atoms with Gasteiger partial charge in [-0.2, -0.15) is 11.8 Å². The first-order valence-corrected chi connectivity index (χ1v) is 7.50. The monoisotopic (exact) mass is 260 g/mol. The summed E-state index contributed by atoms with van der Waals surface area (Å²) in [5.41, 5.74) is 3.30. The summed E-state index contributed by atoms with van der Waals surface area (Å²) >= 11 is 7.33. The van der Waals surface area contributed by atoms with Crippen LogP contribution in [0.2, 0.25) is 0 Å². The largest absolute Gasteiger partial charge is 0.312 e. The third-order valence-corrected chi connectivity index (χ3v) is 4.04. The van der Waals surface area contributed by atoms with E-state index < -0.39 is 0 Å². The summed E-state index contributed by atoms with van der Waals surface area (Å²) in [4.78, 5) is 0.903. The van der Waals surface area contributed by atoms with Crippen molar-refractivity contribution < 1.29 is 0 Å². The average molecular weight is 260 g/mol. The van der Waals surface area contributed by atoms with Gasteiger partial charge in [0, 0.05) is 31.1 Å². The minimum Gasteiger partial charge on any atom is -0.312 e. The van der Waals surface area contributed by atoms with Crippen molar-refractivity contribution in [3.05, 3.63) is 0 Å². The molecule has 2 rings (SSSR count). The quantitative estimate of drug-likeness (QED) is 0.626. The molecule has 0 spiro atoms. The van der Waals surface area contributed by atoms with Crippen LogP contribution in [0, 0.1) is 0 Å². The van der Waals surface area contributed by atoms with E-state index in [0.29, 0.717) is 6.17 Å². The van der Waals surface area contributed by atoms with E-state index in [4.69, 9.17) is 12.2 Å². The second-order valence-corrected chi connectivity index (χ2v) is 5.88. The molecule has 4 nitrogen and oxygen atoms in total. The predicted octanol–water partition coefficient (Wildman–Crippen LogP) is 0.166. The van der Waals surface area contributed by atoms with Crippen molar-refractivity contribution in [3.8, 4) is 0 Å². The average Bonchev–Trinajstić information content (AvgIpc) is 2.81. The highest BCUT2D eigenvalue weighted by molar-refractivity contribution is 7.99. The summed E-state index contributed by atoms with van der Waals surface area (Å²) in [6.07, 6.45) is 2.93. The maximum Gasteiger partial charge on any atom is 0.104 e. The molecular weight excluding hydrogens is 240 g/mol. The van der Waals surface area contributed by atoms with E-state index in [9.17, 15) is 0 Å². The van der Waals surface area contributed by atoms with Crippen molar-refractivity contribution in [2.45, 2.75) is 19.0 Å². The van der Waals surface area contributed by atoms with Gasteiger partial charge in [-0.3, -0.25) is 5.32 Å². The van der Waals surface area contributed by atoms with Crippen molar-refractivity contribution in [1.82, 2.24) is 21.1 Å². The number of hydrogen-bond donors (Lipinski definition) is 3. The molecule has 2 saturated heterocycles. The Morgan fingerprint density at radius 1 is 1.44 bits per heavy atom. The standard InChI is InChI=1S/C10H20N4S2/c15-10(8-12-9-2-1-3-11-9)13-14-4-6-16-7-5-14/h9,11-12H,1-8H2,(H,13,15). The Morgan fingerprint density at radius 3 is 2.94 bits per heavy atom. The molecule has 16 heavy (non-hydrogen) atoms. The molecule has 2 aliphatic rings. The molecule has 0 aromatic rings. The molecule has 0 radical (unpaired) electrons. The summed E-state index contributed by atoms with van der Waals surface area (Å²) in [6, 6.07) is 0. The maximum absolute atomic E-state index is 5.32. The molecular formula is C10H20N4S2. The Kier molecular flexibility index (Phi) is 5.31. The van der Waals surface area contributed by atoms with E-state index >= 15 is 0 Å². The zero-order valence-corrected chi connectivity index (χ0v) is 11.1. The van der Waals surface area contributed by atoms with E-state index in [2.05, 4.69) is 21.1 Å². The van der Waals surface area contributed by atoms with Gasteiger partial charge in [0.15, 0.2) is 0 Å². The molecule has 2 heterocycles. The minimum absolute atomic E-state index is 0.455. The first kappa shape index (κ1) is 12.6. The molecule has 1 atom stereocenters. The third kappa shape index (κ3) is 4.18. The SMILES string of the molecule is S=C(CNC1CCCN1)NN1CCSCC1. The summed E-state index contributed by atoms with van der Waals surface area (Å²) in [5.74, 6) is 2.40. The lowest BCUT2D eigenvalue weighted by Crippen LogP contribution is -2.50. The second-order valence-electron chi connectivity index (χ2n) is 4.16. The van der Waals surface area contributed by atoms with Crippen LogP contribution >= 0.6 is 24.0 Å². The van der Waals surface area contributed by atoms with Crippen molar-refractivity contribution in [2.24, 2.45) is 0 Å². The van der Waals surface area contributed by atoms with Crippen LogP contribution < -0.4 is 16.1 Å². The van der Waals surface area contributed by atoms with E-state index in [1.54, 1.807) is 0 Å². The van der Waals surface area contributed by atoms with Crippen LogP contribution in [0.5, 0.6) is 0 Å². The van der Waals surface area contributed by atoms with E-state index in [1.807, 2.05) is 11.8 Å². The lowest BCUT2D eigenvalue weighted by Gasteiger charge is -2.28. The maximum atomic E-state index is 5.32. The molecule has 0 amide bonds. The fourth-order valence-electron chi connectivity index (χ4n) is 1.97. The van der Waals surface area contributed by atoms with Crippen LogP contribution in [0.25, 0.3) is 0 Å². The highest BCUT2D eigenvalue weighted by atomic mass is 32.2. The number of thiocarbonyl (C=S) groups is 1. The van der Waals surface area contributed by atoms with Crippen LogP contribution in [0.3, 0.4) is 0 Å². The number of nitrogens with one attached hydrogen (secondary N) is 3. The van der Waals surface area contributed by atoms with Crippen LogP contribution in [0.15, 0.2) is 0 Å². The first-order chi connectivity index (χ1) is 7.84. The Balaban J connectivity index is 1.59.